The maximum atomic E-state index is 11.6. The fourth-order valence-corrected chi connectivity index (χ4v) is 3.21. The van der Waals surface area contributed by atoms with Crippen molar-refractivity contribution in [2.45, 2.75) is 12.8 Å². The first kappa shape index (κ1) is 10.8. The molecule has 84 valence electrons. The van der Waals surface area contributed by atoms with E-state index in [2.05, 4.69) is 10.6 Å². The summed E-state index contributed by atoms with van der Waals surface area (Å²) < 4.78 is 0. The molecule has 0 spiro atoms. The number of hydrogen-bond donors (Lipinski definition) is 2. The lowest BCUT2D eigenvalue weighted by Gasteiger charge is -2.12. The van der Waals surface area contributed by atoms with Crippen molar-refractivity contribution in [2.24, 2.45) is 11.8 Å². The highest BCUT2D eigenvalue weighted by Crippen LogP contribution is 2.22. The molecule has 0 saturated carbocycles. The van der Waals surface area contributed by atoms with Crippen molar-refractivity contribution in [3.63, 3.8) is 0 Å². The lowest BCUT2D eigenvalue weighted by molar-refractivity contribution is -0.126. The second-order valence-corrected chi connectivity index (χ2v) is 5.33. The van der Waals surface area contributed by atoms with E-state index >= 15 is 0 Å². The first-order chi connectivity index (χ1) is 7.25. The summed E-state index contributed by atoms with van der Waals surface area (Å²) in [6.45, 7) is 1.28. The zero-order valence-corrected chi connectivity index (χ0v) is 9.44. The minimum absolute atomic E-state index is 0.00780. The Hall–Kier alpha value is -0.710. The van der Waals surface area contributed by atoms with Crippen LogP contribution in [0.15, 0.2) is 0 Å². The molecule has 2 unspecified atom stereocenters. The molecular weight excluding hydrogens is 212 g/mol. The summed E-state index contributed by atoms with van der Waals surface area (Å²) >= 11 is 1.95. The van der Waals surface area contributed by atoms with Crippen LogP contribution in [-0.4, -0.2) is 36.4 Å². The molecule has 2 heterocycles. The van der Waals surface area contributed by atoms with Gasteiger partial charge in [0.2, 0.25) is 11.8 Å². The van der Waals surface area contributed by atoms with Crippen molar-refractivity contribution in [2.75, 3.05) is 24.6 Å². The number of rotatable bonds is 3. The molecule has 4 nitrogen and oxygen atoms in total. The summed E-state index contributed by atoms with van der Waals surface area (Å²) in [5, 5.41) is 5.62. The monoisotopic (exact) mass is 228 g/mol. The van der Waals surface area contributed by atoms with Crippen LogP contribution in [0.5, 0.6) is 0 Å². The minimum Gasteiger partial charge on any atom is -0.355 e. The van der Waals surface area contributed by atoms with E-state index in [9.17, 15) is 9.59 Å². The van der Waals surface area contributed by atoms with Gasteiger partial charge in [-0.05, 0) is 23.8 Å². The molecule has 0 radical (unpaired) electrons. The maximum Gasteiger partial charge on any atom is 0.225 e. The van der Waals surface area contributed by atoms with Crippen LogP contribution in [0, 0.1) is 11.8 Å². The molecule has 2 atom stereocenters. The van der Waals surface area contributed by atoms with E-state index in [1.165, 1.54) is 12.2 Å². The molecule has 0 aromatic heterocycles. The molecule has 2 amide bonds. The molecule has 2 saturated heterocycles. The van der Waals surface area contributed by atoms with E-state index in [-0.39, 0.29) is 17.7 Å². The number of amides is 2. The van der Waals surface area contributed by atoms with Gasteiger partial charge in [-0.3, -0.25) is 9.59 Å². The Bertz CT molecular complexity index is 264. The summed E-state index contributed by atoms with van der Waals surface area (Å²) in [5.74, 6) is 2.87. The zero-order chi connectivity index (χ0) is 10.7. The van der Waals surface area contributed by atoms with E-state index < -0.39 is 0 Å². The fraction of sp³-hybridized carbons (Fsp3) is 0.800. The van der Waals surface area contributed by atoms with Gasteiger partial charge in [-0.1, -0.05) is 0 Å². The number of thioether (sulfide) groups is 1. The van der Waals surface area contributed by atoms with Gasteiger partial charge in [-0.25, -0.2) is 0 Å². The van der Waals surface area contributed by atoms with Gasteiger partial charge in [0.05, 0.1) is 5.92 Å². The van der Waals surface area contributed by atoms with Gasteiger partial charge in [0.25, 0.3) is 0 Å². The Labute approximate surface area is 93.6 Å². The molecule has 0 aromatic rings. The highest BCUT2D eigenvalue weighted by molar-refractivity contribution is 7.99. The van der Waals surface area contributed by atoms with Crippen LogP contribution in [0.4, 0.5) is 0 Å². The van der Waals surface area contributed by atoms with Crippen molar-refractivity contribution >= 4 is 23.6 Å². The van der Waals surface area contributed by atoms with Gasteiger partial charge in [0.1, 0.15) is 0 Å². The van der Waals surface area contributed by atoms with E-state index in [0.717, 1.165) is 12.3 Å². The summed E-state index contributed by atoms with van der Waals surface area (Å²) in [6, 6.07) is 0. The van der Waals surface area contributed by atoms with Crippen molar-refractivity contribution in [3.8, 4) is 0 Å². The molecule has 15 heavy (non-hydrogen) atoms. The summed E-state index contributed by atoms with van der Waals surface area (Å²) in [7, 11) is 0. The van der Waals surface area contributed by atoms with Gasteiger partial charge in [-0.15, -0.1) is 0 Å². The second kappa shape index (κ2) is 4.88. The van der Waals surface area contributed by atoms with Crippen molar-refractivity contribution in [3.05, 3.63) is 0 Å². The third kappa shape index (κ3) is 2.87. The minimum atomic E-state index is -0.147. The Kier molecular flexibility index (Phi) is 3.51. The quantitative estimate of drug-likeness (QED) is 0.714. The number of carbonyl (C=O) groups excluding carboxylic acids is 2. The van der Waals surface area contributed by atoms with Crippen LogP contribution >= 0.6 is 11.8 Å². The molecule has 2 N–H and O–H groups in total. The second-order valence-electron chi connectivity index (χ2n) is 4.18. The Balaban J connectivity index is 1.70. The van der Waals surface area contributed by atoms with Crippen molar-refractivity contribution < 1.29 is 9.59 Å². The van der Waals surface area contributed by atoms with Gasteiger partial charge in [-0.2, -0.15) is 11.8 Å². The van der Waals surface area contributed by atoms with Crippen LogP contribution in [-0.2, 0) is 9.59 Å². The van der Waals surface area contributed by atoms with E-state index in [0.29, 0.717) is 18.9 Å². The molecule has 2 aliphatic heterocycles. The first-order valence-electron chi connectivity index (χ1n) is 5.38. The SMILES string of the molecule is O=C1CC(C(=O)NCC2CCSC2)CN1. The van der Waals surface area contributed by atoms with Gasteiger partial charge < -0.3 is 10.6 Å². The highest BCUT2D eigenvalue weighted by atomic mass is 32.2. The zero-order valence-electron chi connectivity index (χ0n) is 8.62. The average molecular weight is 228 g/mol. The van der Waals surface area contributed by atoms with Gasteiger partial charge in [0.15, 0.2) is 0 Å². The molecule has 2 fully saturated rings. The van der Waals surface area contributed by atoms with Crippen LogP contribution in [0.2, 0.25) is 0 Å². The van der Waals surface area contributed by atoms with E-state index in [1.54, 1.807) is 0 Å². The lowest BCUT2D eigenvalue weighted by atomic mass is 10.1. The number of hydrogen-bond acceptors (Lipinski definition) is 3. The third-order valence-corrected chi connectivity index (χ3v) is 4.17. The lowest BCUT2D eigenvalue weighted by Crippen LogP contribution is -2.35. The molecule has 5 heteroatoms. The Morgan fingerprint density at radius 3 is 3.07 bits per heavy atom. The van der Waals surface area contributed by atoms with Crippen LogP contribution in [0.25, 0.3) is 0 Å². The van der Waals surface area contributed by atoms with Crippen molar-refractivity contribution in [1.82, 2.24) is 10.6 Å². The maximum absolute atomic E-state index is 11.6. The molecule has 0 bridgehead atoms. The molecule has 0 aromatic carbocycles. The highest BCUT2D eigenvalue weighted by Gasteiger charge is 2.28. The molecule has 2 aliphatic rings. The topological polar surface area (TPSA) is 58.2 Å². The standard InChI is InChI=1S/C10H16N2O2S/c13-9-3-8(5-11-9)10(14)12-4-7-1-2-15-6-7/h7-8H,1-6H2,(H,11,13)(H,12,14). The Morgan fingerprint density at radius 1 is 1.60 bits per heavy atom. The first-order valence-corrected chi connectivity index (χ1v) is 6.53. The van der Waals surface area contributed by atoms with Crippen LogP contribution < -0.4 is 10.6 Å². The van der Waals surface area contributed by atoms with E-state index in [1.807, 2.05) is 11.8 Å². The predicted molar refractivity (Wildman–Crippen MR) is 59.6 cm³/mol. The normalized spacial score (nSPS) is 30.3. The Morgan fingerprint density at radius 2 is 2.47 bits per heavy atom. The smallest absolute Gasteiger partial charge is 0.225 e. The van der Waals surface area contributed by atoms with Crippen LogP contribution in [0.3, 0.4) is 0 Å². The van der Waals surface area contributed by atoms with Crippen LogP contribution in [0.1, 0.15) is 12.8 Å². The summed E-state index contributed by atoms with van der Waals surface area (Å²) in [5.41, 5.74) is 0. The molecule has 2 rings (SSSR count). The largest absolute Gasteiger partial charge is 0.355 e. The van der Waals surface area contributed by atoms with Crippen molar-refractivity contribution in [1.29, 1.82) is 0 Å². The summed E-state index contributed by atoms with van der Waals surface area (Å²) in [4.78, 5) is 22.6. The predicted octanol–water partition coefficient (Wildman–Crippen LogP) is -0.00820. The third-order valence-electron chi connectivity index (χ3n) is 2.94. The molecule has 0 aliphatic carbocycles. The molecular formula is C10H16N2O2S. The van der Waals surface area contributed by atoms with Gasteiger partial charge >= 0.3 is 0 Å². The fourth-order valence-electron chi connectivity index (χ4n) is 1.92. The van der Waals surface area contributed by atoms with E-state index in [4.69, 9.17) is 0 Å². The number of nitrogens with one attached hydrogen (secondary N) is 2. The summed E-state index contributed by atoms with van der Waals surface area (Å²) in [6.07, 6.45) is 1.55. The number of carbonyl (C=O) groups is 2. The van der Waals surface area contributed by atoms with Gasteiger partial charge in [0, 0.05) is 19.5 Å². The average Bonchev–Trinajstić information content (AvgIpc) is 2.84.